The van der Waals surface area contributed by atoms with Crippen LogP contribution in [0.1, 0.15) is 79.3 Å². The second-order valence-electron chi connectivity index (χ2n) is 16.1. The number of fused-ring (bicyclic) bond motifs is 5. The summed E-state index contributed by atoms with van der Waals surface area (Å²) in [4.78, 5) is 68.1. The highest BCUT2D eigenvalue weighted by Gasteiger charge is 2.74. The molecule has 284 valence electrons. The van der Waals surface area contributed by atoms with Crippen molar-refractivity contribution in [3.63, 3.8) is 0 Å². The van der Waals surface area contributed by atoms with Gasteiger partial charge >= 0.3 is 18.0 Å². The first-order valence-corrected chi connectivity index (χ1v) is 18.1. The largest absolute Gasteiger partial charge is 0.456 e. The number of aliphatic hydroxyl groups excluding tert-OH is 1. The lowest BCUT2D eigenvalue weighted by atomic mass is 9.40. The molecule has 2 bridgehead atoms. The Bertz CT molecular complexity index is 1620. The summed E-state index contributed by atoms with van der Waals surface area (Å²) in [5.41, 5.74) is -3.73. The second kappa shape index (κ2) is 14.3. The lowest BCUT2D eigenvalue weighted by molar-refractivity contribution is -0.302. The normalized spacial score (nSPS) is 35.9. The van der Waals surface area contributed by atoms with Gasteiger partial charge in [-0.1, -0.05) is 65.0 Å². The summed E-state index contributed by atoms with van der Waals surface area (Å²) in [6.07, 6.45) is -5.70. The van der Waals surface area contributed by atoms with Crippen LogP contribution in [0.3, 0.4) is 0 Å². The van der Waals surface area contributed by atoms with E-state index in [-0.39, 0.29) is 32.8 Å². The molecular formula is C38H53BN2O11. The van der Waals surface area contributed by atoms with Crippen molar-refractivity contribution in [1.29, 1.82) is 0 Å². The van der Waals surface area contributed by atoms with Crippen LogP contribution in [-0.4, -0.2) is 109 Å². The lowest BCUT2D eigenvalue weighted by Crippen LogP contribution is -2.75. The van der Waals surface area contributed by atoms with Gasteiger partial charge in [0.15, 0.2) is 18.0 Å². The van der Waals surface area contributed by atoms with E-state index >= 15 is 4.79 Å². The molecule has 0 unspecified atom stereocenters. The Morgan fingerprint density at radius 2 is 1.77 bits per heavy atom. The quantitative estimate of drug-likeness (QED) is 0.106. The summed E-state index contributed by atoms with van der Waals surface area (Å²) in [5.74, 6) is -3.47. The minimum atomic E-state index is -1.75. The molecular weight excluding hydrogens is 671 g/mol. The Balaban J connectivity index is 1.66. The molecule has 1 aromatic carbocycles. The average Bonchev–Trinajstić information content (AvgIpc) is 3.10. The number of Topliss-reactive ketones (excluding diaryl/α,β-unsaturated/α-hetero) is 1. The van der Waals surface area contributed by atoms with Gasteiger partial charge in [0, 0.05) is 44.2 Å². The third-order valence-corrected chi connectivity index (χ3v) is 12.8. The van der Waals surface area contributed by atoms with E-state index in [2.05, 4.69) is 5.23 Å². The number of carbonyl (C=O) groups is 5. The summed E-state index contributed by atoms with van der Waals surface area (Å²) in [6, 6.07) is 7.69. The van der Waals surface area contributed by atoms with Gasteiger partial charge in [0.2, 0.25) is 0 Å². The molecule has 4 aliphatic rings. The van der Waals surface area contributed by atoms with Crippen molar-refractivity contribution in [2.75, 3.05) is 20.7 Å². The molecule has 14 heteroatoms. The van der Waals surface area contributed by atoms with Gasteiger partial charge in [0.25, 0.3) is 7.41 Å². The van der Waals surface area contributed by atoms with Gasteiger partial charge in [-0.3, -0.25) is 9.59 Å². The van der Waals surface area contributed by atoms with Crippen molar-refractivity contribution in [1.82, 2.24) is 10.1 Å². The van der Waals surface area contributed by atoms with Gasteiger partial charge in [-0.25, -0.2) is 9.59 Å². The molecule has 52 heavy (non-hydrogen) atoms. The maximum Gasteiger partial charge on any atom is 0.409 e. The number of rotatable bonds is 10. The van der Waals surface area contributed by atoms with Crippen molar-refractivity contribution in [2.24, 2.45) is 28.1 Å². The predicted octanol–water partition coefficient (Wildman–Crippen LogP) is 2.65. The fraction of sp³-hybridized carbons (Fsp3) is 0.658. The van der Waals surface area contributed by atoms with Crippen LogP contribution in [0.2, 0.25) is 0 Å². The van der Waals surface area contributed by atoms with Gasteiger partial charge in [-0.2, -0.15) is 0 Å². The summed E-state index contributed by atoms with van der Waals surface area (Å²) in [6.45, 7) is 12.8. The van der Waals surface area contributed by atoms with E-state index in [1.165, 1.54) is 4.90 Å². The number of ketones is 1. The molecule has 3 fully saturated rings. The van der Waals surface area contributed by atoms with E-state index in [1.54, 1.807) is 79.0 Å². The van der Waals surface area contributed by atoms with Gasteiger partial charge in [0.1, 0.15) is 12.2 Å². The van der Waals surface area contributed by atoms with Crippen molar-refractivity contribution >= 4 is 37.4 Å². The third-order valence-electron chi connectivity index (χ3n) is 12.8. The maximum absolute atomic E-state index is 15.4. The molecule has 11 atom stereocenters. The zero-order valence-electron chi connectivity index (χ0n) is 31.6. The lowest BCUT2D eigenvalue weighted by Gasteiger charge is -2.68. The number of ether oxygens (including phenoxy) is 4. The fourth-order valence-electron chi connectivity index (χ4n) is 9.84. The van der Waals surface area contributed by atoms with E-state index in [0.717, 1.165) is 0 Å². The number of hydrogen-bond acceptors (Lipinski definition) is 12. The van der Waals surface area contributed by atoms with Crippen LogP contribution in [0.5, 0.6) is 0 Å². The van der Waals surface area contributed by atoms with Crippen molar-refractivity contribution in [3.8, 4) is 0 Å². The molecule has 13 nitrogen and oxygen atoms in total. The number of aliphatic hydroxyl groups is 2. The zero-order valence-corrected chi connectivity index (χ0v) is 31.6. The van der Waals surface area contributed by atoms with Gasteiger partial charge in [0.05, 0.1) is 36.0 Å². The van der Waals surface area contributed by atoms with Crippen LogP contribution in [0, 0.1) is 28.1 Å². The van der Waals surface area contributed by atoms with Crippen molar-refractivity contribution in [2.45, 2.75) is 110 Å². The third kappa shape index (κ3) is 6.18. The van der Waals surface area contributed by atoms with Crippen molar-refractivity contribution < 1.29 is 53.1 Å². The van der Waals surface area contributed by atoms with Gasteiger partial charge in [-0.05, 0) is 42.4 Å². The second-order valence-corrected chi connectivity index (χ2v) is 16.1. The van der Waals surface area contributed by atoms with Crippen molar-refractivity contribution in [3.05, 3.63) is 47.0 Å². The molecule has 0 spiro atoms. The Kier molecular flexibility index (Phi) is 10.9. The van der Waals surface area contributed by atoms with E-state index in [0.29, 0.717) is 29.5 Å². The van der Waals surface area contributed by atoms with Crippen LogP contribution >= 0.6 is 0 Å². The monoisotopic (exact) mass is 724 g/mol. The predicted molar refractivity (Wildman–Crippen MR) is 191 cm³/mol. The van der Waals surface area contributed by atoms with E-state index < -0.39 is 88.0 Å². The van der Waals surface area contributed by atoms with Crippen LogP contribution in [0.4, 0.5) is 4.79 Å². The summed E-state index contributed by atoms with van der Waals surface area (Å²) >= 11 is 0. The number of amides is 1. The summed E-state index contributed by atoms with van der Waals surface area (Å²) < 4.78 is 24.2. The molecule has 0 aromatic heterocycles. The van der Waals surface area contributed by atoms with E-state index in [9.17, 15) is 29.4 Å². The Labute approximate surface area is 306 Å². The maximum atomic E-state index is 15.4. The smallest absolute Gasteiger partial charge is 0.409 e. The zero-order chi connectivity index (χ0) is 38.6. The molecule has 3 N–H and O–H groups in total. The SMILES string of the molecule is CCC(=O)O[C@H]1C(=O)[C@]2(C)[C@@H](OC(=O)N(C)C)C[C@H]3OC[C@@]3(C)[C@H]2[C@H](C)[C@]2(O)C[C@H](OC(=O)[C@H](O)[C@@H](NBC=O)c3ccccc3)C(C)=C1C2(C)C. The van der Waals surface area contributed by atoms with Crippen LogP contribution in [-0.2, 0) is 38.1 Å². The highest BCUT2D eigenvalue weighted by atomic mass is 16.6. The molecule has 1 heterocycles. The number of benzene rings is 1. The minimum Gasteiger partial charge on any atom is -0.456 e. The van der Waals surface area contributed by atoms with E-state index in [1.807, 2.05) is 13.8 Å². The number of hydrogen-bond donors (Lipinski definition) is 3. The number of nitrogens with one attached hydrogen (secondary N) is 1. The van der Waals surface area contributed by atoms with Gasteiger partial charge < -0.3 is 44.1 Å². The van der Waals surface area contributed by atoms with Gasteiger partial charge in [-0.15, -0.1) is 0 Å². The Morgan fingerprint density at radius 1 is 1.12 bits per heavy atom. The first-order valence-electron chi connectivity index (χ1n) is 18.1. The summed E-state index contributed by atoms with van der Waals surface area (Å²) in [5, 5.41) is 27.5. The minimum absolute atomic E-state index is 0.0384. The number of esters is 2. The average molecular weight is 725 g/mol. The van der Waals surface area contributed by atoms with Crippen LogP contribution in [0.15, 0.2) is 41.5 Å². The number of carbonyl (C=O) groups excluding carboxylic acids is 5. The molecule has 3 aliphatic carbocycles. The molecule has 1 aromatic rings. The Morgan fingerprint density at radius 3 is 2.33 bits per heavy atom. The fourth-order valence-corrected chi connectivity index (χ4v) is 9.84. The standard InChI is InChI=1S/C38H53BN2O11/c1-10-26(43)52-30-27-20(2)23(50-33(46)29(44)28(40-39-19-42)22-14-12-11-13-15-22)17-38(48,35(27,4)5)21(3)31-36(6)18-49-24(36)16-25(37(31,7)32(30)45)51-34(47)41(8)9/h11-15,19,21,23-25,28-31,39-40,44,48H,10,16-18H2,1-9H3/t21-,23-,24+,25-,28-,29+,30+,31+,36+,37+,38+/m0/s1. The van der Waals surface area contributed by atoms with Crippen LogP contribution < -0.4 is 5.23 Å². The van der Waals surface area contributed by atoms with Crippen LogP contribution in [0.25, 0.3) is 0 Å². The molecule has 1 aliphatic heterocycles. The highest BCUT2D eigenvalue weighted by Crippen LogP contribution is 2.67. The molecule has 1 saturated heterocycles. The highest BCUT2D eigenvalue weighted by molar-refractivity contribution is 6.64. The summed E-state index contributed by atoms with van der Waals surface area (Å²) in [7, 11) is 2.96. The Hall–Kier alpha value is -3.59. The molecule has 0 radical (unpaired) electrons. The topological polar surface area (TPSA) is 178 Å². The first-order chi connectivity index (χ1) is 24.3. The molecule has 5 rings (SSSR count). The number of nitrogens with zero attached hydrogens (tertiary/aromatic N) is 1. The molecule has 1 amide bonds. The first kappa shape index (κ1) is 39.6. The molecule has 2 saturated carbocycles. The van der Waals surface area contributed by atoms with E-state index in [4.69, 9.17) is 18.9 Å².